The van der Waals surface area contributed by atoms with Crippen molar-refractivity contribution in [2.75, 3.05) is 46.4 Å². The monoisotopic (exact) mass is 393 g/mol. The summed E-state index contributed by atoms with van der Waals surface area (Å²) in [6.07, 6.45) is 2.80. The number of rotatable bonds is 7. The molecule has 1 fully saturated rings. The third-order valence-electron chi connectivity index (χ3n) is 5.43. The number of carbonyl (C=O) groups excluding carboxylic acids is 1. The van der Waals surface area contributed by atoms with E-state index >= 15 is 0 Å². The first-order chi connectivity index (χ1) is 14.1. The van der Waals surface area contributed by atoms with Crippen LogP contribution in [0.25, 0.3) is 16.7 Å². The highest BCUT2D eigenvalue weighted by molar-refractivity contribution is 5.93. The average Bonchev–Trinajstić information content (AvgIpc) is 3.16. The fourth-order valence-corrected chi connectivity index (χ4v) is 3.62. The van der Waals surface area contributed by atoms with Crippen LogP contribution in [0.3, 0.4) is 0 Å². The number of nitrogens with two attached hydrogens (primary N) is 1. The number of benzene rings is 2. The molecule has 0 spiro atoms. The van der Waals surface area contributed by atoms with E-state index in [2.05, 4.69) is 21.8 Å². The molecule has 1 aliphatic heterocycles. The van der Waals surface area contributed by atoms with Crippen molar-refractivity contribution in [2.24, 2.45) is 5.73 Å². The zero-order valence-electron chi connectivity index (χ0n) is 16.8. The summed E-state index contributed by atoms with van der Waals surface area (Å²) in [6.45, 7) is 6.34. The van der Waals surface area contributed by atoms with Crippen LogP contribution >= 0.6 is 0 Å². The Bertz CT molecular complexity index is 975. The number of hydrogen-bond donors (Lipinski definition) is 1. The number of imidazole rings is 1. The minimum absolute atomic E-state index is 0.429. The lowest BCUT2D eigenvalue weighted by molar-refractivity contribution is 0.100. The predicted molar refractivity (Wildman–Crippen MR) is 114 cm³/mol. The van der Waals surface area contributed by atoms with Crippen molar-refractivity contribution >= 4 is 16.9 Å². The van der Waals surface area contributed by atoms with Crippen molar-refractivity contribution < 1.29 is 9.53 Å². The Morgan fingerprint density at radius 1 is 1.10 bits per heavy atom. The molecule has 2 heterocycles. The van der Waals surface area contributed by atoms with Gasteiger partial charge < -0.3 is 20.3 Å². The molecular weight excluding hydrogens is 366 g/mol. The van der Waals surface area contributed by atoms with Crippen LogP contribution in [0, 0.1) is 0 Å². The second-order valence-electron chi connectivity index (χ2n) is 7.52. The van der Waals surface area contributed by atoms with Gasteiger partial charge in [-0.25, -0.2) is 4.98 Å². The van der Waals surface area contributed by atoms with E-state index in [-0.39, 0.29) is 0 Å². The van der Waals surface area contributed by atoms with Gasteiger partial charge in [0.1, 0.15) is 12.1 Å². The number of aromatic nitrogens is 2. The highest BCUT2D eigenvalue weighted by atomic mass is 16.5. The first-order valence-corrected chi connectivity index (χ1v) is 10.0. The molecule has 1 saturated heterocycles. The van der Waals surface area contributed by atoms with Gasteiger partial charge in [-0.1, -0.05) is 0 Å². The van der Waals surface area contributed by atoms with Gasteiger partial charge in [0.05, 0.1) is 17.6 Å². The lowest BCUT2D eigenvalue weighted by Crippen LogP contribution is -2.44. The Balaban J connectivity index is 1.36. The standard InChI is InChI=1S/C22H27N5O2/c1-25-10-12-26(13-11-25)9-2-14-29-19-7-8-21-20(15-19)24-16-27(21)18-5-3-17(4-6-18)22(23)28/h3-8,15-16H,2,9-14H2,1H3,(H2,23,28). The molecule has 7 heteroatoms. The molecule has 0 atom stereocenters. The van der Waals surface area contributed by atoms with Crippen molar-refractivity contribution in [2.45, 2.75) is 6.42 Å². The van der Waals surface area contributed by atoms with Crippen LogP contribution in [-0.2, 0) is 0 Å². The van der Waals surface area contributed by atoms with E-state index in [1.807, 2.05) is 34.9 Å². The van der Waals surface area contributed by atoms with E-state index in [1.165, 1.54) is 0 Å². The molecule has 0 unspecified atom stereocenters. The fraction of sp³-hybridized carbons (Fsp3) is 0.364. The number of carbonyl (C=O) groups is 1. The van der Waals surface area contributed by atoms with Gasteiger partial charge in [0, 0.05) is 50.0 Å². The summed E-state index contributed by atoms with van der Waals surface area (Å²) < 4.78 is 7.93. The molecule has 2 N–H and O–H groups in total. The van der Waals surface area contributed by atoms with Crippen LogP contribution in [0.1, 0.15) is 16.8 Å². The van der Waals surface area contributed by atoms with Crippen LogP contribution in [0.2, 0.25) is 0 Å². The summed E-state index contributed by atoms with van der Waals surface area (Å²) in [4.78, 5) is 20.6. The lowest BCUT2D eigenvalue weighted by Gasteiger charge is -2.32. The van der Waals surface area contributed by atoms with E-state index < -0.39 is 5.91 Å². The largest absolute Gasteiger partial charge is 0.493 e. The molecule has 152 valence electrons. The maximum atomic E-state index is 11.2. The molecule has 29 heavy (non-hydrogen) atoms. The van der Waals surface area contributed by atoms with Gasteiger partial charge in [-0.2, -0.15) is 0 Å². The number of ether oxygens (including phenoxy) is 1. The SMILES string of the molecule is CN1CCN(CCCOc2ccc3c(c2)ncn3-c2ccc(C(N)=O)cc2)CC1. The van der Waals surface area contributed by atoms with Gasteiger partial charge in [0.2, 0.25) is 5.91 Å². The Morgan fingerprint density at radius 2 is 1.86 bits per heavy atom. The van der Waals surface area contributed by atoms with E-state index in [1.54, 1.807) is 18.5 Å². The summed E-state index contributed by atoms with van der Waals surface area (Å²) in [5, 5.41) is 0. The van der Waals surface area contributed by atoms with Crippen molar-refractivity contribution in [3.63, 3.8) is 0 Å². The average molecular weight is 393 g/mol. The molecule has 7 nitrogen and oxygen atoms in total. The Kier molecular flexibility index (Phi) is 5.78. The highest BCUT2D eigenvalue weighted by Crippen LogP contribution is 2.23. The van der Waals surface area contributed by atoms with Crippen molar-refractivity contribution in [3.05, 3.63) is 54.4 Å². The van der Waals surface area contributed by atoms with Crippen LogP contribution in [-0.4, -0.2) is 71.6 Å². The topological polar surface area (TPSA) is 76.6 Å². The molecule has 2 aromatic carbocycles. The Labute approximate surface area is 170 Å². The fourth-order valence-electron chi connectivity index (χ4n) is 3.62. The molecule has 0 aliphatic carbocycles. The Morgan fingerprint density at radius 3 is 2.59 bits per heavy atom. The molecule has 0 radical (unpaired) electrons. The van der Waals surface area contributed by atoms with Gasteiger partial charge in [-0.05, 0) is 49.9 Å². The maximum Gasteiger partial charge on any atom is 0.248 e. The van der Waals surface area contributed by atoms with Gasteiger partial charge in [0.25, 0.3) is 0 Å². The number of piperazine rings is 1. The second-order valence-corrected chi connectivity index (χ2v) is 7.52. The van der Waals surface area contributed by atoms with E-state index in [9.17, 15) is 4.79 Å². The molecule has 3 aromatic rings. The van der Waals surface area contributed by atoms with Crippen molar-refractivity contribution in [3.8, 4) is 11.4 Å². The summed E-state index contributed by atoms with van der Waals surface area (Å²) in [5.41, 5.74) is 8.59. The zero-order valence-corrected chi connectivity index (χ0v) is 16.8. The molecule has 0 saturated carbocycles. The second kappa shape index (κ2) is 8.63. The summed E-state index contributed by atoms with van der Waals surface area (Å²) in [7, 11) is 2.17. The number of likely N-dealkylation sites (N-methyl/N-ethyl adjacent to an activating group) is 1. The van der Waals surface area contributed by atoms with E-state index in [4.69, 9.17) is 10.5 Å². The van der Waals surface area contributed by atoms with Crippen molar-refractivity contribution in [1.82, 2.24) is 19.4 Å². The van der Waals surface area contributed by atoms with Crippen LogP contribution in [0.4, 0.5) is 0 Å². The normalized spacial score (nSPS) is 15.6. The third-order valence-corrected chi connectivity index (χ3v) is 5.43. The highest BCUT2D eigenvalue weighted by Gasteiger charge is 2.13. The smallest absolute Gasteiger partial charge is 0.248 e. The molecule has 0 bridgehead atoms. The van der Waals surface area contributed by atoms with E-state index in [0.29, 0.717) is 12.2 Å². The quantitative estimate of drug-likeness (QED) is 0.623. The number of primary amides is 1. The first kappa shape index (κ1) is 19.4. The van der Waals surface area contributed by atoms with Gasteiger partial charge in [0.15, 0.2) is 0 Å². The van der Waals surface area contributed by atoms with Crippen LogP contribution in [0.15, 0.2) is 48.8 Å². The lowest BCUT2D eigenvalue weighted by atomic mass is 10.2. The minimum Gasteiger partial charge on any atom is -0.493 e. The predicted octanol–water partition coefficient (Wildman–Crippen LogP) is 2.14. The van der Waals surface area contributed by atoms with Gasteiger partial charge in [-0.15, -0.1) is 0 Å². The minimum atomic E-state index is -0.429. The van der Waals surface area contributed by atoms with Crippen LogP contribution < -0.4 is 10.5 Å². The zero-order chi connectivity index (χ0) is 20.2. The molecule has 4 rings (SSSR count). The van der Waals surface area contributed by atoms with Crippen molar-refractivity contribution in [1.29, 1.82) is 0 Å². The summed E-state index contributed by atoms with van der Waals surface area (Å²) in [5.74, 6) is 0.409. The third kappa shape index (κ3) is 4.58. The van der Waals surface area contributed by atoms with Gasteiger partial charge >= 0.3 is 0 Å². The first-order valence-electron chi connectivity index (χ1n) is 10.0. The van der Waals surface area contributed by atoms with Gasteiger partial charge in [-0.3, -0.25) is 9.36 Å². The molecular formula is C22H27N5O2. The van der Waals surface area contributed by atoms with Crippen LogP contribution in [0.5, 0.6) is 5.75 Å². The number of fused-ring (bicyclic) bond motifs is 1. The van der Waals surface area contributed by atoms with E-state index in [0.717, 1.165) is 61.6 Å². The number of nitrogens with zero attached hydrogens (tertiary/aromatic N) is 4. The number of hydrogen-bond acceptors (Lipinski definition) is 5. The number of amides is 1. The summed E-state index contributed by atoms with van der Waals surface area (Å²) >= 11 is 0. The summed E-state index contributed by atoms with van der Waals surface area (Å²) in [6, 6.07) is 13.1. The molecule has 1 aromatic heterocycles. The molecule has 1 amide bonds. The Hall–Kier alpha value is -2.90. The maximum absolute atomic E-state index is 11.2. The molecule has 1 aliphatic rings.